The van der Waals surface area contributed by atoms with Gasteiger partial charge in [-0.15, -0.1) is 0 Å². The van der Waals surface area contributed by atoms with E-state index in [1.165, 1.54) is 4.90 Å². The average molecular weight is 349 g/mol. The zero-order valence-corrected chi connectivity index (χ0v) is 14.9. The molecule has 0 radical (unpaired) electrons. The van der Waals surface area contributed by atoms with E-state index in [2.05, 4.69) is 15.5 Å². The van der Waals surface area contributed by atoms with Gasteiger partial charge in [-0.25, -0.2) is 0 Å². The first kappa shape index (κ1) is 18.0. The Labute approximate surface area is 146 Å². The highest BCUT2D eigenvalue weighted by atomic mass is 35.5. The number of halogens is 1. The van der Waals surface area contributed by atoms with Gasteiger partial charge in [0.25, 0.3) is 5.91 Å². The van der Waals surface area contributed by atoms with Crippen LogP contribution in [0.15, 0.2) is 30.3 Å². The lowest BCUT2D eigenvalue weighted by Gasteiger charge is -2.16. The molecule has 0 saturated heterocycles. The van der Waals surface area contributed by atoms with Gasteiger partial charge in [-0.3, -0.25) is 14.7 Å². The van der Waals surface area contributed by atoms with Crippen LogP contribution in [0.5, 0.6) is 0 Å². The molecule has 0 bridgehead atoms. The van der Waals surface area contributed by atoms with Crippen molar-refractivity contribution in [2.24, 2.45) is 0 Å². The molecule has 6 nitrogen and oxygen atoms in total. The van der Waals surface area contributed by atoms with Gasteiger partial charge in [0.2, 0.25) is 5.91 Å². The SMILES string of the molecule is CN(CC(=O)Nc1cccc(Cl)c1)C(=O)c1cc(C(C)(C)C)[nH]n1. The predicted molar refractivity (Wildman–Crippen MR) is 94.3 cm³/mol. The van der Waals surface area contributed by atoms with Crippen molar-refractivity contribution in [3.8, 4) is 0 Å². The fourth-order valence-electron chi connectivity index (χ4n) is 2.07. The molecule has 1 aromatic carbocycles. The first-order valence-corrected chi connectivity index (χ1v) is 7.91. The van der Waals surface area contributed by atoms with Crippen molar-refractivity contribution in [3.63, 3.8) is 0 Å². The first-order chi connectivity index (χ1) is 11.2. The van der Waals surface area contributed by atoms with Crippen LogP contribution in [0.4, 0.5) is 5.69 Å². The summed E-state index contributed by atoms with van der Waals surface area (Å²) in [6.45, 7) is 5.99. The maximum absolute atomic E-state index is 12.4. The zero-order chi connectivity index (χ0) is 17.9. The molecule has 0 aliphatic heterocycles. The highest BCUT2D eigenvalue weighted by Gasteiger charge is 2.22. The first-order valence-electron chi connectivity index (χ1n) is 7.53. The van der Waals surface area contributed by atoms with E-state index in [4.69, 9.17) is 11.6 Å². The molecule has 0 unspecified atom stereocenters. The molecule has 0 saturated carbocycles. The van der Waals surface area contributed by atoms with Crippen molar-refractivity contribution in [1.29, 1.82) is 0 Å². The van der Waals surface area contributed by atoms with Gasteiger partial charge in [-0.2, -0.15) is 5.10 Å². The van der Waals surface area contributed by atoms with Gasteiger partial charge in [0.1, 0.15) is 5.69 Å². The molecule has 2 rings (SSSR count). The van der Waals surface area contributed by atoms with Crippen molar-refractivity contribution in [2.75, 3.05) is 18.9 Å². The van der Waals surface area contributed by atoms with Crippen molar-refractivity contribution in [1.82, 2.24) is 15.1 Å². The van der Waals surface area contributed by atoms with E-state index < -0.39 is 0 Å². The summed E-state index contributed by atoms with van der Waals surface area (Å²) < 4.78 is 0. The summed E-state index contributed by atoms with van der Waals surface area (Å²) in [6.07, 6.45) is 0. The molecule has 0 spiro atoms. The number of H-pyrrole nitrogens is 1. The normalized spacial score (nSPS) is 11.2. The largest absolute Gasteiger partial charge is 0.331 e. The topological polar surface area (TPSA) is 78.1 Å². The van der Waals surface area contributed by atoms with E-state index in [0.717, 1.165) is 5.69 Å². The van der Waals surface area contributed by atoms with Crippen LogP contribution in [0.25, 0.3) is 0 Å². The fourth-order valence-corrected chi connectivity index (χ4v) is 2.26. The van der Waals surface area contributed by atoms with Crippen LogP contribution in [0.2, 0.25) is 5.02 Å². The summed E-state index contributed by atoms with van der Waals surface area (Å²) in [7, 11) is 1.56. The van der Waals surface area contributed by atoms with Crippen LogP contribution < -0.4 is 5.32 Å². The molecule has 0 atom stereocenters. The van der Waals surface area contributed by atoms with Gasteiger partial charge in [0.15, 0.2) is 0 Å². The van der Waals surface area contributed by atoms with Crippen LogP contribution in [0, 0.1) is 0 Å². The van der Waals surface area contributed by atoms with Crippen LogP contribution in [0.1, 0.15) is 37.0 Å². The Balaban J connectivity index is 1.98. The third-order valence-corrected chi connectivity index (χ3v) is 3.68. The van der Waals surface area contributed by atoms with Gasteiger partial charge in [-0.1, -0.05) is 38.4 Å². The van der Waals surface area contributed by atoms with Gasteiger partial charge >= 0.3 is 0 Å². The Kier molecular flexibility index (Phi) is 5.29. The van der Waals surface area contributed by atoms with E-state index in [1.807, 2.05) is 20.8 Å². The number of rotatable bonds is 4. The Morgan fingerprint density at radius 2 is 2.00 bits per heavy atom. The Morgan fingerprint density at radius 3 is 2.58 bits per heavy atom. The number of benzene rings is 1. The molecule has 0 aliphatic rings. The van der Waals surface area contributed by atoms with Gasteiger partial charge < -0.3 is 10.2 Å². The molecule has 0 aliphatic carbocycles. The Morgan fingerprint density at radius 1 is 1.29 bits per heavy atom. The highest BCUT2D eigenvalue weighted by Crippen LogP contribution is 2.20. The number of likely N-dealkylation sites (N-methyl/N-ethyl adjacent to an activating group) is 1. The molecule has 7 heteroatoms. The lowest BCUT2D eigenvalue weighted by atomic mass is 9.92. The van der Waals surface area contributed by atoms with E-state index >= 15 is 0 Å². The molecule has 2 amide bonds. The highest BCUT2D eigenvalue weighted by molar-refractivity contribution is 6.30. The maximum Gasteiger partial charge on any atom is 0.274 e. The summed E-state index contributed by atoms with van der Waals surface area (Å²) in [5, 5.41) is 10.1. The number of nitrogens with one attached hydrogen (secondary N) is 2. The van der Waals surface area contributed by atoms with E-state index in [9.17, 15) is 9.59 Å². The number of hydrogen-bond donors (Lipinski definition) is 2. The van der Waals surface area contributed by atoms with E-state index in [-0.39, 0.29) is 29.5 Å². The van der Waals surface area contributed by atoms with Crippen LogP contribution in [0.3, 0.4) is 0 Å². The molecular weight excluding hydrogens is 328 g/mol. The summed E-state index contributed by atoms with van der Waals surface area (Å²) in [4.78, 5) is 25.7. The Bertz CT molecular complexity index is 749. The summed E-state index contributed by atoms with van der Waals surface area (Å²) in [5.41, 5.74) is 1.61. The Hall–Kier alpha value is -2.34. The minimum atomic E-state index is -0.317. The number of amides is 2. The monoisotopic (exact) mass is 348 g/mol. The average Bonchev–Trinajstić information content (AvgIpc) is 2.96. The number of aromatic nitrogens is 2. The number of carbonyl (C=O) groups is 2. The quantitative estimate of drug-likeness (QED) is 0.891. The number of nitrogens with zero attached hydrogens (tertiary/aromatic N) is 2. The van der Waals surface area contributed by atoms with Crippen molar-refractivity contribution in [3.05, 3.63) is 46.7 Å². The molecular formula is C17H21ClN4O2. The predicted octanol–water partition coefficient (Wildman–Crippen LogP) is 3.07. The summed E-state index contributed by atoms with van der Waals surface area (Å²) >= 11 is 5.88. The lowest BCUT2D eigenvalue weighted by molar-refractivity contribution is -0.116. The number of hydrogen-bond acceptors (Lipinski definition) is 3. The van der Waals surface area contributed by atoms with Crippen molar-refractivity contribution >= 4 is 29.1 Å². The summed E-state index contributed by atoms with van der Waals surface area (Å²) in [5.74, 6) is -0.623. The van der Waals surface area contributed by atoms with Gasteiger partial charge in [0.05, 0.1) is 6.54 Å². The molecule has 1 heterocycles. The van der Waals surface area contributed by atoms with Gasteiger partial charge in [-0.05, 0) is 24.3 Å². The smallest absolute Gasteiger partial charge is 0.274 e. The minimum Gasteiger partial charge on any atom is -0.331 e. The van der Waals surface area contributed by atoms with Crippen LogP contribution in [-0.2, 0) is 10.2 Å². The standard InChI is InChI=1S/C17H21ClN4O2/c1-17(2,3)14-9-13(20-21-14)16(24)22(4)10-15(23)19-12-7-5-6-11(18)8-12/h5-9H,10H2,1-4H3,(H,19,23)(H,20,21). The van der Waals surface area contributed by atoms with E-state index in [1.54, 1.807) is 37.4 Å². The zero-order valence-electron chi connectivity index (χ0n) is 14.2. The summed E-state index contributed by atoms with van der Waals surface area (Å²) in [6, 6.07) is 8.55. The van der Waals surface area contributed by atoms with E-state index in [0.29, 0.717) is 10.7 Å². The molecule has 24 heavy (non-hydrogen) atoms. The molecule has 128 valence electrons. The number of anilines is 1. The molecule has 2 N–H and O–H groups in total. The molecule has 1 aromatic heterocycles. The second-order valence-corrected chi connectivity index (χ2v) is 7.07. The second kappa shape index (κ2) is 7.05. The molecule has 2 aromatic rings. The third-order valence-electron chi connectivity index (χ3n) is 3.44. The third kappa shape index (κ3) is 4.58. The van der Waals surface area contributed by atoms with Crippen molar-refractivity contribution < 1.29 is 9.59 Å². The minimum absolute atomic E-state index is 0.0803. The number of aromatic amines is 1. The molecule has 0 fully saturated rings. The lowest BCUT2D eigenvalue weighted by Crippen LogP contribution is -2.35. The maximum atomic E-state index is 12.4. The van der Waals surface area contributed by atoms with Gasteiger partial charge in [0, 0.05) is 28.9 Å². The van der Waals surface area contributed by atoms with Crippen LogP contribution in [-0.4, -0.2) is 40.5 Å². The second-order valence-electron chi connectivity index (χ2n) is 6.64. The number of carbonyl (C=O) groups excluding carboxylic acids is 2. The fraction of sp³-hybridized carbons (Fsp3) is 0.353. The van der Waals surface area contributed by atoms with Crippen molar-refractivity contribution in [2.45, 2.75) is 26.2 Å². The van der Waals surface area contributed by atoms with Crippen LogP contribution >= 0.6 is 11.6 Å².